The SMILES string of the molecule is CC(C)(C)NC(=O)OCC1CCC(C(=O)Nc2ccc3cc(/C=N/N)ccc3c2)CC1. The Labute approximate surface area is 183 Å². The summed E-state index contributed by atoms with van der Waals surface area (Å²) in [5.74, 6) is 5.56. The number of anilines is 1. The molecule has 0 unspecified atom stereocenters. The largest absolute Gasteiger partial charge is 0.449 e. The second-order valence-corrected chi connectivity index (χ2v) is 9.28. The first-order valence-electron chi connectivity index (χ1n) is 10.8. The third-order valence-electron chi connectivity index (χ3n) is 5.50. The molecule has 2 aromatic carbocycles. The molecule has 31 heavy (non-hydrogen) atoms. The van der Waals surface area contributed by atoms with E-state index < -0.39 is 0 Å². The van der Waals surface area contributed by atoms with Crippen LogP contribution in [-0.2, 0) is 9.53 Å². The van der Waals surface area contributed by atoms with Crippen LogP contribution in [0.2, 0.25) is 0 Å². The fraction of sp³-hybridized carbons (Fsp3) is 0.458. The lowest BCUT2D eigenvalue weighted by Gasteiger charge is -2.28. The molecule has 166 valence electrons. The van der Waals surface area contributed by atoms with Gasteiger partial charge >= 0.3 is 6.09 Å². The number of hydrogen-bond donors (Lipinski definition) is 3. The van der Waals surface area contributed by atoms with Crippen LogP contribution in [-0.4, -0.2) is 30.4 Å². The highest BCUT2D eigenvalue weighted by molar-refractivity contribution is 5.97. The Morgan fingerprint density at radius 2 is 1.77 bits per heavy atom. The monoisotopic (exact) mass is 424 g/mol. The van der Waals surface area contributed by atoms with Crippen molar-refractivity contribution in [2.45, 2.75) is 52.0 Å². The zero-order chi connectivity index (χ0) is 22.4. The van der Waals surface area contributed by atoms with Gasteiger partial charge in [0.25, 0.3) is 0 Å². The predicted molar refractivity (Wildman–Crippen MR) is 124 cm³/mol. The van der Waals surface area contributed by atoms with Crippen molar-refractivity contribution in [1.29, 1.82) is 0 Å². The highest BCUT2D eigenvalue weighted by Crippen LogP contribution is 2.30. The van der Waals surface area contributed by atoms with Gasteiger partial charge in [0, 0.05) is 17.1 Å². The molecular weight excluding hydrogens is 392 g/mol. The first-order valence-corrected chi connectivity index (χ1v) is 10.8. The van der Waals surface area contributed by atoms with Gasteiger partial charge in [-0.2, -0.15) is 5.10 Å². The van der Waals surface area contributed by atoms with Crippen molar-refractivity contribution in [3.63, 3.8) is 0 Å². The minimum absolute atomic E-state index is 0.0153. The molecule has 1 fully saturated rings. The smallest absolute Gasteiger partial charge is 0.407 e. The van der Waals surface area contributed by atoms with E-state index in [2.05, 4.69) is 15.7 Å². The molecule has 0 radical (unpaired) electrons. The number of nitrogens with one attached hydrogen (secondary N) is 2. The molecule has 0 bridgehead atoms. The molecule has 3 rings (SSSR count). The molecule has 0 aliphatic heterocycles. The average molecular weight is 425 g/mol. The summed E-state index contributed by atoms with van der Waals surface area (Å²) in [6, 6.07) is 11.8. The molecule has 7 nitrogen and oxygen atoms in total. The quantitative estimate of drug-likeness (QED) is 0.376. The van der Waals surface area contributed by atoms with Crippen LogP contribution in [0.25, 0.3) is 10.8 Å². The molecule has 4 N–H and O–H groups in total. The third kappa shape index (κ3) is 6.70. The molecule has 7 heteroatoms. The second kappa shape index (κ2) is 9.81. The van der Waals surface area contributed by atoms with Gasteiger partial charge in [-0.3, -0.25) is 4.79 Å². The number of nitrogens with two attached hydrogens (primary N) is 1. The van der Waals surface area contributed by atoms with E-state index in [1.165, 1.54) is 0 Å². The van der Waals surface area contributed by atoms with Gasteiger partial charge in [-0.1, -0.05) is 18.2 Å². The van der Waals surface area contributed by atoms with Gasteiger partial charge in [0.15, 0.2) is 0 Å². The van der Waals surface area contributed by atoms with Crippen molar-refractivity contribution in [3.8, 4) is 0 Å². The maximum atomic E-state index is 12.7. The Bertz CT molecular complexity index is 957. The molecule has 0 atom stereocenters. The minimum atomic E-state index is -0.383. The van der Waals surface area contributed by atoms with E-state index in [0.717, 1.165) is 47.7 Å². The van der Waals surface area contributed by atoms with E-state index in [0.29, 0.717) is 12.5 Å². The number of ether oxygens (including phenoxy) is 1. The van der Waals surface area contributed by atoms with E-state index in [1.54, 1.807) is 6.21 Å². The van der Waals surface area contributed by atoms with E-state index in [9.17, 15) is 9.59 Å². The lowest BCUT2D eigenvalue weighted by atomic mass is 9.82. The normalized spacial score (nSPS) is 19.3. The van der Waals surface area contributed by atoms with Gasteiger partial charge in [-0.15, -0.1) is 0 Å². The maximum absolute atomic E-state index is 12.7. The summed E-state index contributed by atoms with van der Waals surface area (Å²) in [7, 11) is 0. The average Bonchev–Trinajstić information content (AvgIpc) is 2.71. The molecule has 2 amide bonds. The molecule has 1 aliphatic carbocycles. The summed E-state index contributed by atoms with van der Waals surface area (Å²) in [4.78, 5) is 24.5. The standard InChI is InChI=1S/C24H32N4O3/c1-24(2,3)28-23(30)31-15-16-4-7-18(8-5-16)22(29)27-21-11-10-19-12-17(14-26-25)6-9-20(19)13-21/h6,9-14,16,18H,4-5,7-8,15,25H2,1-3H3,(H,27,29)(H,28,30)/b26-14+. The Morgan fingerprint density at radius 3 is 2.45 bits per heavy atom. The number of hydrazone groups is 1. The molecule has 0 spiro atoms. The number of nitrogens with zero attached hydrogens (tertiary/aromatic N) is 1. The number of fused-ring (bicyclic) bond motifs is 1. The second-order valence-electron chi connectivity index (χ2n) is 9.28. The van der Waals surface area contributed by atoms with E-state index in [4.69, 9.17) is 10.6 Å². The van der Waals surface area contributed by atoms with Crippen molar-refractivity contribution in [3.05, 3.63) is 42.0 Å². The molecular formula is C24H32N4O3. The number of benzene rings is 2. The molecule has 1 saturated carbocycles. The fourth-order valence-corrected chi connectivity index (χ4v) is 3.88. The summed E-state index contributed by atoms with van der Waals surface area (Å²) in [5, 5.41) is 11.5. The lowest BCUT2D eigenvalue weighted by Crippen LogP contribution is -2.41. The molecule has 0 heterocycles. The van der Waals surface area contributed by atoms with Crippen LogP contribution in [0.5, 0.6) is 0 Å². The van der Waals surface area contributed by atoms with Crippen LogP contribution in [0.15, 0.2) is 41.5 Å². The topological polar surface area (TPSA) is 106 Å². The Hall–Kier alpha value is -3.09. The summed E-state index contributed by atoms with van der Waals surface area (Å²) in [6.45, 7) is 6.16. The van der Waals surface area contributed by atoms with Crippen LogP contribution in [0.3, 0.4) is 0 Å². The number of alkyl carbamates (subject to hydrolysis) is 1. The highest BCUT2D eigenvalue weighted by atomic mass is 16.5. The zero-order valence-corrected chi connectivity index (χ0v) is 18.5. The van der Waals surface area contributed by atoms with Crippen molar-refractivity contribution < 1.29 is 14.3 Å². The number of amides is 2. The number of hydrogen-bond acceptors (Lipinski definition) is 5. The predicted octanol–water partition coefficient (Wildman–Crippen LogP) is 4.40. The third-order valence-corrected chi connectivity index (χ3v) is 5.50. The van der Waals surface area contributed by atoms with Crippen LogP contribution in [0, 0.1) is 11.8 Å². The number of rotatable bonds is 5. The molecule has 0 saturated heterocycles. The van der Waals surface area contributed by atoms with Crippen LogP contribution >= 0.6 is 0 Å². The molecule has 1 aliphatic rings. The van der Waals surface area contributed by atoms with Crippen LogP contribution in [0.1, 0.15) is 52.0 Å². The summed E-state index contributed by atoms with van der Waals surface area (Å²) >= 11 is 0. The Kier molecular flexibility index (Phi) is 7.15. The van der Waals surface area contributed by atoms with Crippen molar-refractivity contribution in [2.24, 2.45) is 22.8 Å². The first-order chi connectivity index (χ1) is 14.7. The fourth-order valence-electron chi connectivity index (χ4n) is 3.88. The van der Waals surface area contributed by atoms with Crippen LogP contribution in [0.4, 0.5) is 10.5 Å². The van der Waals surface area contributed by atoms with E-state index in [1.807, 2.05) is 57.2 Å². The maximum Gasteiger partial charge on any atom is 0.407 e. The van der Waals surface area contributed by atoms with Crippen LogP contribution < -0.4 is 16.5 Å². The van der Waals surface area contributed by atoms with E-state index >= 15 is 0 Å². The van der Waals surface area contributed by atoms with Crippen molar-refractivity contribution in [2.75, 3.05) is 11.9 Å². The molecule has 0 aromatic heterocycles. The first kappa shape index (κ1) is 22.6. The number of carbonyl (C=O) groups is 2. The van der Waals surface area contributed by atoms with Gasteiger partial charge < -0.3 is 21.2 Å². The van der Waals surface area contributed by atoms with Gasteiger partial charge in [0.1, 0.15) is 0 Å². The van der Waals surface area contributed by atoms with Gasteiger partial charge in [0.2, 0.25) is 5.91 Å². The summed E-state index contributed by atoms with van der Waals surface area (Å²) < 4.78 is 5.35. The minimum Gasteiger partial charge on any atom is -0.449 e. The Balaban J connectivity index is 1.48. The van der Waals surface area contributed by atoms with Gasteiger partial charge in [-0.05, 0) is 86.9 Å². The highest BCUT2D eigenvalue weighted by Gasteiger charge is 2.27. The molecule has 2 aromatic rings. The zero-order valence-electron chi connectivity index (χ0n) is 18.5. The van der Waals surface area contributed by atoms with Crippen molar-refractivity contribution in [1.82, 2.24) is 5.32 Å². The van der Waals surface area contributed by atoms with Crippen molar-refractivity contribution >= 4 is 34.7 Å². The summed E-state index contributed by atoms with van der Waals surface area (Å²) in [6.07, 6.45) is 4.58. The van der Waals surface area contributed by atoms with Gasteiger partial charge in [0.05, 0.1) is 12.8 Å². The van der Waals surface area contributed by atoms with Gasteiger partial charge in [-0.25, -0.2) is 4.79 Å². The van der Waals surface area contributed by atoms with E-state index in [-0.39, 0.29) is 23.5 Å². The lowest BCUT2D eigenvalue weighted by molar-refractivity contribution is -0.121. The summed E-state index contributed by atoms with van der Waals surface area (Å²) in [5.41, 5.74) is 1.42. The Morgan fingerprint density at radius 1 is 1.10 bits per heavy atom. The number of carbonyl (C=O) groups excluding carboxylic acids is 2.